The van der Waals surface area contributed by atoms with Crippen LogP contribution in [-0.4, -0.2) is 50.3 Å². The van der Waals surface area contributed by atoms with Crippen LogP contribution in [0.3, 0.4) is 0 Å². The molecule has 0 amide bonds. The molecule has 0 unspecified atom stereocenters. The SMILES string of the molecule is CN1C=[N+](C)CCC1.F[B-](F)(F)F. The third-order valence-electron chi connectivity index (χ3n) is 1.42. The van der Waals surface area contributed by atoms with Gasteiger partial charge in [-0.05, 0) is 0 Å². The smallest absolute Gasteiger partial charge is 0.418 e. The third-order valence-corrected chi connectivity index (χ3v) is 1.42. The van der Waals surface area contributed by atoms with Gasteiger partial charge in [0.2, 0.25) is 6.34 Å². The highest BCUT2D eigenvalue weighted by atomic mass is 19.5. The van der Waals surface area contributed by atoms with E-state index in [9.17, 15) is 17.3 Å². The molecule has 0 fully saturated rings. The van der Waals surface area contributed by atoms with E-state index in [1.54, 1.807) is 0 Å². The first-order valence-corrected chi connectivity index (χ1v) is 3.92. The Bertz CT molecular complexity index is 174. The Labute approximate surface area is 74.9 Å². The van der Waals surface area contributed by atoms with Gasteiger partial charge in [0.15, 0.2) is 0 Å². The third kappa shape index (κ3) is 11.3. The fourth-order valence-electron chi connectivity index (χ4n) is 1.02. The van der Waals surface area contributed by atoms with Gasteiger partial charge in [0.05, 0.1) is 27.2 Å². The first-order valence-electron chi connectivity index (χ1n) is 3.92. The molecule has 0 aromatic rings. The van der Waals surface area contributed by atoms with Gasteiger partial charge in [-0.2, -0.15) is 0 Å². The van der Waals surface area contributed by atoms with Crippen LogP contribution in [0.4, 0.5) is 17.3 Å². The molecule has 1 heterocycles. The average molecular weight is 200 g/mol. The summed E-state index contributed by atoms with van der Waals surface area (Å²) in [6.07, 6.45) is 3.44. The Morgan fingerprint density at radius 3 is 2.00 bits per heavy atom. The summed E-state index contributed by atoms with van der Waals surface area (Å²) in [4.78, 5) is 2.21. The van der Waals surface area contributed by atoms with Crippen LogP contribution in [-0.2, 0) is 0 Å². The van der Waals surface area contributed by atoms with E-state index in [2.05, 4.69) is 29.9 Å². The first kappa shape index (κ1) is 12.3. The second-order valence-corrected chi connectivity index (χ2v) is 2.93. The second-order valence-electron chi connectivity index (χ2n) is 2.93. The minimum absolute atomic E-state index is 1.21. The Morgan fingerprint density at radius 1 is 1.31 bits per heavy atom. The van der Waals surface area contributed by atoms with Gasteiger partial charge in [-0.25, -0.2) is 0 Å². The molecule has 1 rings (SSSR count). The fraction of sp³-hybridized carbons (Fsp3) is 0.833. The molecule has 0 aliphatic carbocycles. The van der Waals surface area contributed by atoms with Crippen molar-refractivity contribution >= 4 is 13.6 Å². The van der Waals surface area contributed by atoms with Gasteiger partial charge in [0, 0.05) is 6.42 Å². The predicted octanol–water partition coefficient (Wildman–Crippen LogP) is 1.29. The number of rotatable bonds is 0. The Morgan fingerprint density at radius 2 is 1.77 bits per heavy atom. The van der Waals surface area contributed by atoms with Crippen LogP contribution >= 0.6 is 0 Å². The highest BCUT2D eigenvalue weighted by Gasteiger charge is 2.20. The molecule has 0 N–H and O–H groups in total. The highest BCUT2D eigenvalue weighted by Crippen LogP contribution is 2.06. The second kappa shape index (κ2) is 5.09. The zero-order valence-corrected chi connectivity index (χ0v) is 7.68. The highest BCUT2D eigenvalue weighted by molar-refractivity contribution is 6.50. The largest absolute Gasteiger partial charge is 0.673 e. The zero-order valence-electron chi connectivity index (χ0n) is 7.68. The lowest BCUT2D eigenvalue weighted by molar-refractivity contribution is -0.502. The van der Waals surface area contributed by atoms with Gasteiger partial charge in [0.1, 0.15) is 0 Å². The number of hydrogen-bond acceptors (Lipinski definition) is 1. The molecule has 0 atom stereocenters. The molecule has 0 aromatic carbocycles. The van der Waals surface area contributed by atoms with Gasteiger partial charge < -0.3 is 17.3 Å². The van der Waals surface area contributed by atoms with E-state index in [0.717, 1.165) is 0 Å². The molecule has 7 heteroatoms. The molecule has 13 heavy (non-hydrogen) atoms. The van der Waals surface area contributed by atoms with Crippen LogP contribution in [0.25, 0.3) is 0 Å². The summed E-state index contributed by atoms with van der Waals surface area (Å²) in [7, 11) is -1.79. The minimum atomic E-state index is -6.00. The van der Waals surface area contributed by atoms with Crippen molar-refractivity contribution in [2.24, 2.45) is 0 Å². The Balaban J connectivity index is 0.000000252. The summed E-state index contributed by atoms with van der Waals surface area (Å²) in [5.74, 6) is 0. The van der Waals surface area contributed by atoms with E-state index in [-0.39, 0.29) is 0 Å². The molecule has 0 saturated heterocycles. The summed E-state index contributed by atoms with van der Waals surface area (Å²) >= 11 is 0. The molecular weight excluding hydrogens is 187 g/mol. The maximum absolute atomic E-state index is 9.75. The fourth-order valence-corrected chi connectivity index (χ4v) is 1.02. The molecule has 0 bridgehead atoms. The summed E-state index contributed by atoms with van der Waals surface area (Å²) < 4.78 is 41.2. The van der Waals surface area contributed by atoms with Crippen LogP contribution in [0.15, 0.2) is 0 Å². The van der Waals surface area contributed by atoms with E-state index >= 15 is 0 Å². The van der Waals surface area contributed by atoms with Crippen molar-refractivity contribution in [2.75, 3.05) is 27.2 Å². The monoisotopic (exact) mass is 200 g/mol. The van der Waals surface area contributed by atoms with E-state index in [0.29, 0.717) is 0 Å². The van der Waals surface area contributed by atoms with Crippen molar-refractivity contribution in [1.29, 1.82) is 0 Å². The molecule has 0 saturated carbocycles. The summed E-state index contributed by atoms with van der Waals surface area (Å²) in [6, 6.07) is 0. The molecule has 0 radical (unpaired) electrons. The van der Waals surface area contributed by atoms with E-state index in [1.807, 2.05) is 0 Å². The van der Waals surface area contributed by atoms with E-state index in [4.69, 9.17) is 0 Å². The van der Waals surface area contributed by atoms with Crippen molar-refractivity contribution in [2.45, 2.75) is 6.42 Å². The van der Waals surface area contributed by atoms with Crippen molar-refractivity contribution in [1.82, 2.24) is 4.90 Å². The van der Waals surface area contributed by atoms with E-state index < -0.39 is 7.25 Å². The Hall–Kier alpha value is -0.745. The van der Waals surface area contributed by atoms with Crippen molar-refractivity contribution in [3.05, 3.63) is 0 Å². The molecule has 2 nitrogen and oxygen atoms in total. The van der Waals surface area contributed by atoms with Crippen LogP contribution in [0.1, 0.15) is 6.42 Å². The van der Waals surface area contributed by atoms with Crippen molar-refractivity contribution in [3.63, 3.8) is 0 Å². The lowest BCUT2D eigenvalue weighted by atomic mass is 10.3. The number of halogens is 4. The van der Waals surface area contributed by atoms with Crippen LogP contribution in [0, 0.1) is 0 Å². The molecule has 0 spiro atoms. The standard InChI is InChI=1S/C6H13N2.BF4/c1-7-4-3-5-8(2)6-7;2-1(3,4)5/h6H,3-5H2,1-2H3;/q+1;-1. The topological polar surface area (TPSA) is 6.25 Å². The lowest BCUT2D eigenvalue weighted by Crippen LogP contribution is -2.31. The summed E-state index contributed by atoms with van der Waals surface area (Å²) in [5.41, 5.74) is 0. The normalized spacial score (nSPS) is 17.4. The number of nitrogens with zero attached hydrogens (tertiary/aromatic N) is 2. The zero-order chi connectivity index (χ0) is 10.5. The van der Waals surface area contributed by atoms with Gasteiger partial charge in [-0.15, -0.1) is 0 Å². The molecule has 1 aliphatic rings. The lowest BCUT2D eigenvalue weighted by Gasteiger charge is -2.13. The van der Waals surface area contributed by atoms with E-state index in [1.165, 1.54) is 19.5 Å². The first-order chi connectivity index (χ1) is 5.79. The maximum atomic E-state index is 9.75. The van der Waals surface area contributed by atoms with Crippen molar-refractivity contribution < 1.29 is 21.8 Å². The predicted molar refractivity (Wildman–Crippen MR) is 44.5 cm³/mol. The number of hydrogen-bond donors (Lipinski definition) is 0. The van der Waals surface area contributed by atoms with Crippen LogP contribution < -0.4 is 0 Å². The quantitative estimate of drug-likeness (QED) is 0.324. The van der Waals surface area contributed by atoms with Gasteiger partial charge in [-0.1, -0.05) is 0 Å². The molecule has 78 valence electrons. The van der Waals surface area contributed by atoms with Gasteiger partial charge in [0.25, 0.3) is 0 Å². The Kier molecular flexibility index (Phi) is 4.79. The molecule has 1 aliphatic heterocycles. The van der Waals surface area contributed by atoms with Crippen LogP contribution in [0.2, 0.25) is 0 Å². The molecule has 0 aromatic heterocycles. The maximum Gasteiger partial charge on any atom is 0.673 e. The summed E-state index contributed by atoms with van der Waals surface area (Å²) in [5, 5.41) is 0. The van der Waals surface area contributed by atoms with Crippen LogP contribution in [0.5, 0.6) is 0 Å². The minimum Gasteiger partial charge on any atom is -0.418 e. The van der Waals surface area contributed by atoms with Gasteiger partial charge >= 0.3 is 7.25 Å². The molecular formula is C6H13BF4N2. The van der Waals surface area contributed by atoms with Crippen molar-refractivity contribution in [3.8, 4) is 0 Å². The summed E-state index contributed by atoms with van der Waals surface area (Å²) in [6.45, 7) is 2.43. The average Bonchev–Trinajstić information content (AvgIpc) is 1.81. The van der Waals surface area contributed by atoms with Gasteiger partial charge in [-0.3, -0.25) is 9.48 Å².